The van der Waals surface area contributed by atoms with Gasteiger partial charge in [-0.1, -0.05) is 48.5 Å². The first-order chi connectivity index (χ1) is 9.36. The van der Waals surface area contributed by atoms with Crippen LogP contribution in [-0.2, 0) is 9.53 Å². The van der Waals surface area contributed by atoms with Gasteiger partial charge in [-0.2, -0.15) is 0 Å². The van der Waals surface area contributed by atoms with Crippen molar-refractivity contribution >= 4 is 11.6 Å². The molecule has 0 spiro atoms. The first kappa shape index (κ1) is 11.9. The second-order valence-corrected chi connectivity index (χ2v) is 4.49. The lowest BCUT2D eigenvalue weighted by molar-refractivity contribution is -0.134. The fourth-order valence-electron chi connectivity index (χ4n) is 2.32. The lowest BCUT2D eigenvalue weighted by Crippen LogP contribution is -2.43. The summed E-state index contributed by atoms with van der Waals surface area (Å²) in [5, 5.41) is 0. The second kappa shape index (κ2) is 5.24. The van der Waals surface area contributed by atoms with Crippen LogP contribution in [-0.4, -0.2) is 19.1 Å². The van der Waals surface area contributed by atoms with Gasteiger partial charge in [-0.05, 0) is 17.7 Å². The molecule has 1 unspecified atom stereocenters. The first-order valence-electron chi connectivity index (χ1n) is 6.39. The van der Waals surface area contributed by atoms with Crippen molar-refractivity contribution in [2.24, 2.45) is 0 Å². The summed E-state index contributed by atoms with van der Waals surface area (Å²) < 4.78 is 5.64. The highest BCUT2D eigenvalue weighted by Gasteiger charge is 2.31. The summed E-state index contributed by atoms with van der Waals surface area (Å²) in [7, 11) is 0. The van der Waals surface area contributed by atoms with Gasteiger partial charge in [0.15, 0.2) is 6.10 Å². The Morgan fingerprint density at radius 3 is 2.26 bits per heavy atom. The van der Waals surface area contributed by atoms with Gasteiger partial charge in [-0.15, -0.1) is 0 Å². The number of hydrogen-bond acceptors (Lipinski definition) is 2. The second-order valence-electron chi connectivity index (χ2n) is 4.49. The average Bonchev–Trinajstić information content (AvgIpc) is 2.49. The van der Waals surface area contributed by atoms with E-state index in [-0.39, 0.29) is 5.91 Å². The number of carbonyl (C=O) groups is 1. The topological polar surface area (TPSA) is 29.5 Å². The van der Waals surface area contributed by atoms with Crippen molar-refractivity contribution in [1.82, 2.24) is 0 Å². The fraction of sp³-hybridized carbons (Fsp3) is 0.188. The van der Waals surface area contributed by atoms with Gasteiger partial charge >= 0.3 is 0 Å². The van der Waals surface area contributed by atoms with Gasteiger partial charge in [0, 0.05) is 12.2 Å². The minimum absolute atomic E-state index is 0.00338. The molecule has 2 aromatic carbocycles. The highest BCUT2D eigenvalue weighted by atomic mass is 16.5. The SMILES string of the molecule is O=C1C(c2ccccc2)OCCN1c1ccccc1. The normalized spacial score (nSPS) is 19.5. The van der Waals surface area contributed by atoms with Crippen molar-refractivity contribution in [3.8, 4) is 0 Å². The largest absolute Gasteiger partial charge is 0.362 e. The van der Waals surface area contributed by atoms with Gasteiger partial charge in [0.05, 0.1) is 6.61 Å². The molecule has 0 aliphatic carbocycles. The van der Waals surface area contributed by atoms with E-state index in [1.54, 1.807) is 4.90 Å². The predicted molar refractivity (Wildman–Crippen MR) is 73.9 cm³/mol. The van der Waals surface area contributed by atoms with Crippen molar-refractivity contribution in [3.05, 3.63) is 66.2 Å². The summed E-state index contributed by atoms with van der Waals surface area (Å²) in [5.41, 5.74) is 1.84. The van der Waals surface area contributed by atoms with Crippen LogP contribution in [0.3, 0.4) is 0 Å². The standard InChI is InChI=1S/C16H15NO2/c18-16-15(13-7-3-1-4-8-13)19-12-11-17(16)14-9-5-2-6-10-14/h1-10,15H,11-12H2. The molecule has 0 saturated carbocycles. The lowest BCUT2D eigenvalue weighted by Gasteiger charge is -2.32. The molecule has 1 heterocycles. The predicted octanol–water partition coefficient (Wildman–Crippen LogP) is 2.79. The van der Waals surface area contributed by atoms with Crippen LogP contribution in [0.1, 0.15) is 11.7 Å². The molecule has 1 aliphatic rings. The van der Waals surface area contributed by atoms with E-state index in [1.807, 2.05) is 60.7 Å². The molecule has 3 heteroatoms. The number of ether oxygens (including phenoxy) is 1. The molecule has 96 valence electrons. The molecule has 0 aromatic heterocycles. The van der Waals surface area contributed by atoms with Crippen LogP contribution in [0.4, 0.5) is 5.69 Å². The molecular weight excluding hydrogens is 238 g/mol. The monoisotopic (exact) mass is 253 g/mol. The van der Waals surface area contributed by atoms with E-state index in [0.29, 0.717) is 13.2 Å². The number of anilines is 1. The number of para-hydroxylation sites is 1. The Morgan fingerprint density at radius 1 is 0.947 bits per heavy atom. The van der Waals surface area contributed by atoms with Crippen molar-refractivity contribution in [2.45, 2.75) is 6.10 Å². The molecule has 0 radical (unpaired) electrons. The maximum Gasteiger partial charge on any atom is 0.260 e. The molecule has 1 saturated heterocycles. The van der Waals surface area contributed by atoms with Crippen LogP contribution >= 0.6 is 0 Å². The Labute approximate surface area is 112 Å². The van der Waals surface area contributed by atoms with Crippen LogP contribution in [0.2, 0.25) is 0 Å². The zero-order valence-corrected chi connectivity index (χ0v) is 10.5. The Balaban J connectivity index is 1.88. The van der Waals surface area contributed by atoms with E-state index in [2.05, 4.69) is 0 Å². The van der Waals surface area contributed by atoms with E-state index < -0.39 is 6.10 Å². The number of rotatable bonds is 2. The van der Waals surface area contributed by atoms with E-state index in [4.69, 9.17) is 4.74 Å². The third-order valence-electron chi connectivity index (χ3n) is 3.26. The molecule has 1 amide bonds. The number of amides is 1. The average molecular weight is 253 g/mol. The molecule has 0 N–H and O–H groups in total. The lowest BCUT2D eigenvalue weighted by atomic mass is 10.1. The van der Waals surface area contributed by atoms with Gasteiger partial charge in [0.1, 0.15) is 0 Å². The maximum absolute atomic E-state index is 12.5. The number of carbonyl (C=O) groups excluding carboxylic acids is 1. The summed E-state index contributed by atoms with van der Waals surface area (Å²) >= 11 is 0. The van der Waals surface area contributed by atoms with Crippen LogP contribution in [0.5, 0.6) is 0 Å². The Morgan fingerprint density at radius 2 is 1.58 bits per heavy atom. The van der Waals surface area contributed by atoms with Gasteiger partial charge < -0.3 is 9.64 Å². The van der Waals surface area contributed by atoms with Crippen molar-refractivity contribution in [3.63, 3.8) is 0 Å². The molecule has 0 bridgehead atoms. The van der Waals surface area contributed by atoms with E-state index >= 15 is 0 Å². The van der Waals surface area contributed by atoms with Crippen LogP contribution in [0.15, 0.2) is 60.7 Å². The Hall–Kier alpha value is -2.13. The molecule has 2 aromatic rings. The highest BCUT2D eigenvalue weighted by Crippen LogP contribution is 2.27. The summed E-state index contributed by atoms with van der Waals surface area (Å²) in [6.07, 6.45) is -0.491. The van der Waals surface area contributed by atoms with Crippen LogP contribution in [0, 0.1) is 0 Å². The zero-order chi connectivity index (χ0) is 13.1. The molecule has 1 fully saturated rings. The number of morpholine rings is 1. The molecule has 3 nitrogen and oxygen atoms in total. The molecule has 19 heavy (non-hydrogen) atoms. The number of hydrogen-bond donors (Lipinski definition) is 0. The smallest absolute Gasteiger partial charge is 0.260 e. The van der Waals surface area contributed by atoms with Gasteiger partial charge in [0.25, 0.3) is 5.91 Å². The van der Waals surface area contributed by atoms with Crippen LogP contribution < -0.4 is 4.90 Å². The third-order valence-corrected chi connectivity index (χ3v) is 3.26. The van der Waals surface area contributed by atoms with Crippen molar-refractivity contribution < 1.29 is 9.53 Å². The number of benzene rings is 2. The van der Waals surface area contributed by atoms with Gasteiger partial charge in [-0.25, -0.2) is 0 Å². The summed E-state index contributed by atoms with van der Waals surface area (Å²) in [5.74, 6) is 0.00338. The van der Waals surface area contributed by atoms with Gasteiger partial charge in [0.2, 0.25) is 0 Å². The Kier molecular flexibility index (Phi) is 3.29. The number of nitrogens with zero attached hydrogens (tertiary/aromatic N) is 1. The van der Waals surface area contributed by atoms with E-state index in [1.165, 1.54) is 0 Å². The molecule has 1 aliphatic heterocycles. The summed E-state index contributed by atoms with van der Waals surface area (Å²) in [6.45, 7) is 1.16. The quantitative estimate of drug-likeness (QED) is 0.823. The fourth-order valence-corrected chi connectivity index (χ4v) is 2.32. The first-order valence-corrected chi connectivity index (χ1v) is 6.39. The van der Waals surface area contributed by atoms with Crippen molar-refractivity contribution in [1.29, 1.82) is 0 Å². The molecular formula is C16H15NO2. The summed E-state index contributed by atoms with van der Waals surface area (Å²) in [6, 6.07) is 19.4. The molecule has 1 atom stereocenters. The molecule has 3 rings (SSSR count). The van der Waals surface area contributed by atoms with E-state index in [9.17, 15) is 4.79 Å². The minimum Gasteiger partial charge on any atom is -0.362 e. The van der Waals surface area contributed by atoms with Crippen molar-refractivity contribution in [2.75, 3.05) is 18.1 Å². The highest BCUT2D eigenvalue weighted by molar-refractivity contribution is 5.97. The van der Waals surface area contributed by atoms with E-state index in [0.717, 1.165) is 11.3 Å². The Bertz CT molecular complexity index is 504. The van der Waals surface area contributed by atoms with Gasteiger partial charge in [-0.3, -0.25) is 4.79 Å². The maximum atomic E-state index is 12.5. The zero-order valence-electron chi connectivity index (χ0n) is 10.5. The summed E-state index contributed by atoms with van der Waals surface area (Å²) in [4.78, 5) is 14.3. The third kappa shape index (κ3) is 2.37. The minimum atomic E-state index is -0.491. The van der Waals surface area contributed by atoms with Crippen LogP contribution in [0.25, 0.3) is 0 Å².